The van der Waals surface area contributed by atoms with E-state index in [0.717, 1.165) is 45.0 Å². The molecule has 0 fully saturated rings. The van der Waals surface area contributed by atoms with Gasteiger partial charge in [0.15, 0.2) is 0 Å². The highest BCUT2D eigenvalue weighted by molar-refractivity contribution is 9.10. The maximum absolute atomic E-state index is 13.8. The molecule has 0 radical (unpaired) electrons. The van der Waals surface area contributed by atoms with Gasteiger partial charge < -0.3 is 10.2 Å². The smallest absolute Gasteiger partial charge is 0.264 e. The highest BCUT2D eigenvalue weighted by atomic mass is 79.9. The highest BCUT2D eigenvalue weighted by Crippen LogP contribution is 2.25. The molecule has 0 heterocycles. The molecule has 202 valence electrons. The number of para-hydroxylation sites is 1. The molecule has 0 spiro atoms. The van der Waals surface area contributed by atoms with Crippen molar-refractivity contribution >= 4 is 43.5 Å². The third-order valence-electron chi connectivity index (χ3n) is 6.13. The van der Waals surface area contributed by atoms with Gasteiger partial charge in [-0.15, -0.1) is 0 Å². The molecule has 7 nitrogen and oxygen atoms in total. The van der Waals surface area contributed by atoms with Gasteiger partial charge in [-0.25, -0.2) is 12.8 Å². The Hall–Kier alpha value is -3.24. The lowest BCUT2D eigenvalue weighted by molar-refractivity contribution is -0.139. The van der Waals surface area contributed by atoms with E-state index in [1.807, 2.05) is 38.1 Å². The molecular formula is C28H31BrFN3O4S. The van der Waals surface area contributed by atoms with E-state index >= 15 is 0 Å². The lowest BCUT2D eigenvalue weighted by Crippen LogP contribution is -2.52. The van der Waals surface area contributed by atoms with Crippen molar-refractivity contribution < 1.29 is 22.4 Å². The first-order valence-corrected chi connectivity index (χ1v) is 14.4. The Balaban J connectivity index is 2.00. The largest absolute Gasteiger partial charge is 0.352 e. The van der Waals surface area contributed by atoms with Crippen LogP contribution in [0.25, 0.3) is 0 Å². The zero-order valence-corrected chi connectivity index (χ0v) is 23.9. The molecule has 1 N–H and O–H groups in total. The van der Waals surface area contributed by atoms with Crippen LogP contribution in [0.15, 0.2) is 88.2 Å². The van der Waals surface area contributed by atoms with Gasteiger partial charge in [0.25, 0.3) is 10.0 Å². The van der Waals surface area contributed by atoms with Crippen LogP contribution in [0.5, 0.6) is 0 Å². The van der Waals surface area contributed by atoms with Crippen LogP contribution in [-0.2, 0) is 26.2 Å². The minimum Gasteiger partial charge on any atom is -0.352 e. The van der Waals surface area contributed by atoms with Gasteiger partial charge in [-0.3, -0.25) is 13.9 Å². The number of rotatable bonds is 11. The average Bonchev–Trinajstić information content (AvgIpc) is 2.90. The minimum atomic E-state index is -4.24. The lowest BCUT2D eigenvalue weighted by atomic mass is 10.1. The zero-order chi connectivity index (χ0) is 27.9. The summed E-state index contributed by atoms with van der Waals surface area (Å²) in [5.74, 6) is -1.48. The number of nitrogens with one attached hydrogen (secondary N) is 1. The van der Waals surface area contributed by atoms with Crippen LogP contribution in [0, 0.1) is 5.82 Å². The van der Waals surface area contributed by atoms with Gasteiger partial charge in [0.2, 0.25) is 11.8 Å². The standard InChI is InChI=1S/C28H31BrFN3O4S/c1-4-20(2)31-28(35)21(3)32(18-22-9-8-10-23(29)17-22)27(34)19-33(25-11-6-5-7-12-25)38(36,37)26-15-13-24(30)14-16-26/h5-17,20-21H,4,18-19H2,1-3H3,(H,31,35)/t20-,21-/m0/s1. The number of hydrogen-bond acceptors (Lipinski definition) is 4. The summed E-state index contributed by atoms with van der Waals surface area (Å²) in [5.41, 5.74) is 1.04. The molecule has 0 aliphatic heterocycles. The van der Waals surface area contributed by atoms with Crippen LogP contribution in [-0.4, -0.2) is 43.8 Å². The molecule has 2 atom stereocenters. The molecule has 0 unspecified atom stereocenters. The summed E-state index contributed by atoms with van der Waals surface area (Å²) < 4.78 is 42.6. The highest BCUT2D eigenvalue weighted by Gasteiger charge is 2.32. The molecule has 3 aromatic rings. The van der Waals surface area contributed by atoms with Crippen molar-refractivity contribution in [1.29, 1.82) is 0 Å². The predicted molar refractivity (Wildman–Crippen MR) is 149 cm³/mol. The summed E-state index contributed by atoms with van der Waals surface area (Å²) in [6.07, 6.45) is 0.718. The first kappa shape index (κ1) is 29.3. The number of carbonyl (C=O) groups excluding carboxylic acids is 2. The third-order valence-corrected chi connectivity index (χ3v) is 8.42. The Kier molecular flexibility index (Phi) is 10.0. The van der Waals surface area contributed by atoms with Crippen molar-refractivity contribution in [2.24, 2.45) is 0 Å². The van der Waals surface area contributed by atoms with Crippen LogP contribution in [0.3, 0.4) is 0 Å². The van der Waals surface area contributed by atoms with E-state index in [4.69, 9.17) is 0 Å². The second-order valence-electron chi connectivity index (χ2n) is 8.95. The number of anilines is 1. The van der Waals surface area contributed by atoms with Gasteiger partial charge in [-0.1, -0.05) is 53.2 Å². The lowest BCUT2D eigenvalue weighted by Gasteiger charge is -2.32. The first-order chi connectivity index (χ1) is 18.0. The van der Waals surface area contributed by atoms with Gasteiger partial charge in [0.1, 0.15) is 18.4 Å². The van der Waals surface area contributed by atoms with E-state index in [0.29, 0.717) is 0 Å². The van der Waals surface area contributed by atoms with Gasteiger partial charge in [0, 0.05) is 17.1 Å². The summed E-state index contributed by atoms with van der Waals surface area (Å²) in [6, 6.07) is 19.0. The SMILES string of the molecule is CC[C@H](C)NC(=O)[C@H](C)N(Cc1cccc(Br)c1)C(=O)CN(c1ccccc1)S(=O)(=O)c1ccc(F)cc1. The molecule has 0 saturated carbocycles. The maximum Gasteiger partial charge on any atom is 0.264 e. The van der Waals surface area contributed by atoms with Gasteiger partial charge in [-0.2, -0.15) is 0 Å². The second kappa shape index (κ2) is 13.0. The fourth-order valence-electron chi connectivity index (χ4n) is 3.74. The molecule has 10 heteroatoms. The molecule has 0 aromatic heterocycles. The van der Waals surface area contributed by atoms with Crippen molar-refractivity contribution in [2.75, 3.05) is 10.8 Å². The van der Waals surface area contributed by atoms with Crippen LogP contribution >= 0.6 is 15.9 Å². The van der Waals surface area contributed by atoms with Crippen LogP contribution in [0.2, 0.25) is 0 Å². The van der Waals surface area contributed by atoms with E-state index in [-0.39, 0.29) is 29.1 Å². The second-order valence-corrected chi connectivity index (χ2v) is 11.7. The number of hydrogen-bond donors (Lipinski definition) is 1. The zero-order valence-electron chi connectivity index (χ0n) is 21.5. The molecule has 38 heavy (non-hydrogen) atoms. The van der Waals surface area contributed by atoms with Crippen LogP contribution in [0.4, 0.5) is 10.1 Å². The Labute approximate surface area is 231 Å². The maximum atomic E-state index is 13.8. The average molecular weight is 605 g/mol. The van der Waals surface area contributed by atoms with Crippen molar-refractivity contribution in [3.05, 3.63) is 94.7 Å². The van der Waals surface area contributed by atoms with E-state index < -0.39 is 34.3 Å². The number of sulfonamides is 1. The van der Waals surface area contributed by atoms with Gasteiger partial charge in [-0.05, 0) is 74.4 Å². The Morgan fingerprint density at radius 2 is 1.63 bits per heavy atom. The number of halogens is 2. The minimum absolute atomic E-state index is 0.0899. The van der Waals surface area contributed by atoms with E-state index in [1.165, 1.54) is 4.90 Å². The fraction of sp³-hybridized carbons (Fsp3) is 0.286. The van der Waals surface area contributed by atoms with Gasteiger partial charge in [0.05, 0.1) is 10.6 Å². The van der Waals surface area contributed by atoms with Crippen LogP contribution < -0.4 is 9.62 Å². The fourth-order valence-corrected chi connectivity index (χ4v) is 5.60. The van der Waals surface area contributed by atoms with E-state index in [9.17, 15) is 22.4 Å². The van der Waals surface area contributed by atoms with Crippen molar-refractivity contribution in [2.45, 2.75) is 50.7 Å². The molecule has 2 amide bonds. The third kappa shape index (κ3) is 7.41. The number of carbonyl (C=O) groups is 2. The van der Waals surface area contributed by atoms with Crippen molar-refractivity contribution in [3.63, 3.8) is 0 Å². The summed E-state index contributed by atoms with van der Waals surface area (Å²) in [7, 11) is -4.24. The summed E-state index contributed by atoms with van der Waals surface area (Å²) in [6.45, 7) is 4.97. The predicted octanol–water partition coefficient (Wildman–Crippen LogP) is 5.12. The number of benzene rings is 3. The molecule has 3 aromatic carbocycles. The first-order valence-electron chi connectivity index (χ1n) is 12.2. The summed E-state index contributed by atoms with van der Waals surface area (Å²) in [4.78, 5) is 28.1. The quantitative estimate of drug-likeness (QED) is 0.330. The Morgan fingerprint density at radius 3 is 2.24 bits per heavy atom. The summed E-state index contributed by atoms with van der Waals surface area (Å²) >= 11 is 3.43. The van der Waals surface area contributed by atoms with Crippen molar-refractivity contribution in [3.8, 4) is 0 Å². The monoisotopic (exact) mass is 603 g/mol. The van der Waals surface area contributed by atoms with E-state index in [1.54, 1.807) is 37.3 Å². The molecule has 3 rings (SSSR count). The Bertz CT molecular complexity index is 1350. The summed E-state index contributed by atoms with van der Waals surface area (Å²) in [5, 5.41) is 2.90. The molecule has 0 aliphatic carbocycles. The number of amides is 2. The topological polar surface area (TPSA) is 86.8 Å². The number of nitrogens with zero attached hydrogens (tertiary/aromatic N) is 2. The molecule has 0 bridgehead atoms. The molecule has 0 aliphatic rings. The molecule has 0 saturated heterocycles. The van der Waals surface area contributed by atoms with Crippen molar-refractivity contribution in [1.82, 2.24) is 10.2 Å². The van der Waals surface area contributed by atoms with E-state index in [2.05, 4.69) is 21.2 Å². The van der Waals surface area contributed by atoms with Gasteiger partial charge >= 0.3 is 0 Å². The van der Waals surface area contributed by atoms with Crippen LogP contribution in [0.1, 0.15) is 32.8 Å². The molecular weight excluding hydrogens is 573 g/mol. The normalized spacial score (nSPS) is 12.9. The Morgan fingerprint density at radius 1 is 0.974 bits per heavy atom.